The molecular weight excluding hydrogens is 318 g/mol. The van der Waals surface area contributed by atoms with Gasteiger partial charge in [0.25, 0.3) is 5.91 Å². The molecule has 4 rings (SSSR count). The van der Waals surface area contributed by atoms with E-state index in [0.717, 1.165) is 29.0 Å². The Labute approximate surface area is 145 Å². The van der Waals surface area contributed by atoms with Gasteiger partial charge in [-0.3, -0.25) is 4.79 Å². The van der Waals surface area contributed by atoms with Crippen LogP contribution in [0.4, 0.5) is 0 Å². The molecule has 128 valence electrons. The van der Waals surface area contributed by atoms with Crippen LogP contribution in [0, 0.1) is 5.92 Å². The Hall–Kier alpha value is -3.02. The first kappa shape index (κ1) is 15.5. The number of nitrogens with zero attached hydrogens (tertiary/aromatic N) is 2. The number of benzene rings is 1. The minimum absolute atomic E-state index is 0.110. The summed E-state index contributed by atoms with van der Waals surface area (Å²) in [7, 11) is 1.64. The van der Waals surface area contributed by atoms with Crippen molar-refractivity contribution in [2.24, 2.45) is 5.92 Å². The lowest BCUT2D eigenvalue weighted by atomic mass is 9.96. The lowest BCUT2D eigenvalue weighted by molar-refractivity contribution is 0.0940. The summed E-state index contributed by atoms with van der Waals surface area (Å²) >= 11 is 0. The van der Waals surface area contributed by atoms with Crippen LogP contribution in [0.25, 0.3) is 5.52 Å². The summed E-state index contributed by atoms with van der Waals surface area (Å²) in [6.07, 6.45) is 4.30. The van der Waals surface area contributed by atoms with Crippen LogP contribution in [0.1, 0.15) is 15.9 Å². The van der Waals surface area contributed by atoms with E-state index in [9.17, 15) is 4.79 Å². The molecular formula is C19H19N3O3. The van der Waals surface area contributed by atoms with Crippen molar-refractivity contribution in [2.45, 2.75) is 6.42 Å². The minimum atomic E-state index is -0.110. The fourth-order valence-electron chi connectivity index (χ4n) is 3.12. The first-order valence-electron chi connectivity index (χ1n) is 8.25. The van der Waals surface area contributed by atoms with Crippen LogP contribution in [-0.2, 0) is 6.42 Å². The summed E-state index contributed by atoms with van der Waals surface area (Å²) in [4.78, 5) is 12.5. The average Bonchev–Trinajstić information content (AvgIpc) is 3.09. The number of fused-ring (bicyclic) bond motifs is 2. The maximum Gasteiger partial charge on any atom is 0.255 e. The molecule has 0 saturated heterocycles. The van der Waals surface area contributed by atoms with E-state index in [4.69, 9.17) is 9.47 Å². The van der Waals surface area contributed by atoms with Crippen molar-refractivity contribution in [1.29, 1.82) is 0 Å². The van der Waals surface area contributed by atoms with E-state index in [2.05, 4.69) is 10.4 Å². The second kappa shape index (κ2) is 6.47. The van der Waals surface area contributed by atoms with Gasteiger partial charge in [-0.2, -0.15) is 5.10 Å². The molecule has 1 amide bonds. The molecule has 6 heteroatoms. The van der Waals surface area contributed by atoms with Gasteiger partial charge in [0, 0.05) is 24.7 Å². The Morgan fingerprint density at radius 1 is 1.40 bits per heavy atom. The molecule has 0 saturated carbocycles. The molecule has 2 aromatic heterocycles. The number of nitrogens with one attached hydrogen (secondary N) is 1. The van der Waals surface area contributed by atoms with Crippen molar-refractivity contribution in [2.75, 3.05) is 20.3 Å². The predicted molar refractivity (Wildman–Crippen MR) is 93.2 cm³/mol. The molecule has 1 N–H and O–H groups in total. The Morgan fingerprint density at radius 3 is 3.20 bits per heavy atom. The molecule has 1 aliphatic rings. The summed E-state index contributed by atoms with van der Waals surface area (Å²) in [5.41, 5.74) is 2.53. The van der Waals surface area contributed by atoms with Crippen LogP contribution >= 0.6 is 0 Å². The van der Waals surface area contributed by atoms with Gasteiger partial charge in [0.05, 0.1) is 31.0 Å². The highest BCUT2D eigenvalue weighted by Crippen LogP contribution is 2.30. The molecule has 25 heavy (non-hydrogen) atoms. The molecule has 1 aliphatic heterocycles. The maximum atomic E-state index is 12.5. The van der Waals surface area contributed by atoms with Gasteiger partial charge in [0.2, 0.25) is 0 Å². The van der Waals surface area contributed by atoms with E-state index < -0.39 is 0 Å². The average molecular weight is 337 g/mol. The van der Waals surface area contributed by atoms with Crippen molar-refractivity contribution in [1.82, 2.24) is 14.9 Å². The maximum absolute atomic E-state index is 12.5. The summed E-state index contributed by atoms with van der Waals surface area (Å²) < 4.78 is 12.7. The quantitative estimate of drug-likeness (QED) is 0.793. The number of hydrogen-bond acceptors (Lipinski definition) is 4. The van der Waals surface area contributed by atoms with Crippen LogP contribution in [0.15, 0.2) is 48.8 Å². The Kier molecular flexibility index (Phi) is 4.01. The Balaban J connectivity index is 1.41. The summed E-state index contributed by atoms with van der Waals surface area (Å²) in [5.74, 6) is 1.79. The van der Waals surface area contributed by atoms with Gasteiger partial charge in [0.15, 0.2) is 0 Å². The molecule has 1 aromatic carbocycles. The molecule has 6 nitrogen and oxygen atoms in total. The van der Waals surface area contributed by atoms with Crippen molar-refractivity contribution in [3.05, 3.63) is 59.9 Å². The van der Waals surface area contributed by atoms with E-state index in [1.54, 1.807) is 17.8 Å². The smallest absolute Gasteiger partial charge is 0.255 e. The summed E-state index contributed by atoms with van der Waals surface area (Å²) in [6, 6.07) is 11.5. The number of pyridine rings is 1. The highest BCUT2D eigenvalue weighted by atomic mass is 16.5. The number of methoxy groups -OCH3 is 1. The Bertz CT molecular complexity index is 919. The van der Waals surface area contributed by atoms with Crippen LogP contribution in [-0.4, -0.2) is 35.8 Å². The van der Waals surface area contributed by atoms with E-state index in [1.165, 1.54) is 0 Å². The van der Waals surface area contributed by atoms with E-state index in [-0.39, 0.29) is 11.8 Å². The fourth-order valence-corrected chi connectivity index (χ4v) is 3.12. The van der Waals surface area contributed by atoms with E-state index >= 15 is 0 Å². The molecule has 0 spiro atoms. The molecule has 1 atom stereocenters. The fraction of sp³-hybridized carbons (Fsp3) is 0.263. The second-order valence-corrected chi connectivity index (χ2v) is 6.15. The van der Waals surface area contributed by atoms with Crippen LogP contribution in [0.3, 0.4) is 0 Å². The number of carbonyl (C=O) groups excluding carboxylic acids is 1. The normalized spacial score (nSPS) is 16.1. The molecule has 3 aromatic rings. The Morgan fingerprint density at radius 2 is 2.32 bits per heavy atom. The van der Waals surface area contributed by atoms with Gasteiger partial charge in [0.1, 0.15) is 11.5 Å². The molecule has 0 bridgehead atoms. The number of rotatable bonds is 4. The summed E-state index contributed by atoms with van der Waals surface area (Å²) in [6.45, 7) is 1.14. The first-order chi connectivity index (χ1) is 12.2. The zero-order valence-electron chi connectivity index (χ0n) is 13.9. The topological polar surface area (TPSA) is 64.9 Å². The van der Waals surface area contributed by atoms with Crippen LogP contribution in [0.2, 0.25) is 0 Å². The monoisotopic (exact) mass is 337 g/mol. The van der Waals surface area contributed by atoms with Gasteiger partial charge >= 0.3 is 0 Å². The lowest BCUT2D eigenvalue weighted by Crippen LogP contribution is -2.34. The van der Waals surface area contributed by atoms with Crippen LogP contribution < -0.4 is 14.8 Å². The van der Waals surface area contributed by atoms with Gasteiger partial charge in [-0.1, -0.05) is 12.1 Å². The zero-order valence-corrected chi connectivity index (χ0v) is 13.9. The largest absolute Gasteiger partial charge is 0.497 e. The third-order valence-electron chi connectivity index (χ3n) is 4.48. The molecule has 0 radical (unpaired) electrons. The first-order valence-corrected chi connectivity index (χ1v) is 8.25. The molecule has 0 unspecified atom stereocenters. The number of aromatic nitrogens is 2. The number of ether oxygens (including phenoxy) is 2. The lowest BCUT2D eigenvalue weighted by Gasteiger charge is -2.25. The standard InChI is InChI=1S/C19H19N3O3/c1-24-15-6-5-14-8-13(12-25-18(14)9-15)10-20-19(23)16-11-21-22-7-3-2-4-17(16)22/h2-7,9,11,13H,8,10,12H2,1H3,(H,20,23)/t13-/m1/s1. The number of hydrogen-bond donors (Lipinski definition) is 1. The highest BCUT2D eigenvalue weighted by Gasteiger charge is 2.22. The van der Waals surface area contributed by atoms with Crippen molar-refractivity contribution in [3.63, 3.8) is 0 Å². The predicted octanol–water partition coefficient (Wildman–Crippen LogP) is 2.32. The number of amides is 1. The van der Waals surface area contributed by atoms with Crippen LogP contribution in [0.5, 0.6) is 11.5 Å². The van der Waals surface area contributed by atoms with Crippen molar-refractivity contribution in [3.8, 4) is 11.5 Å². The highest BCUT2D eigenvalue weighted by molar-refractivity contribution is 6.00. The van der Waals surface area contributed by atoms with Gasteiger partial charge in [-0.15, -0.1) is 0 Å². The molecule has 3 heterocycles. The van der Waals surface area contributed by atoms with E-state index in [1.807, 2.05) is 42.6 Å². The SMILES string of the molecule is COc1ccc2c(c1)OC[C@@H](CNC(=O)c1cnn3ccccc13)C2. The minimum Gasteiger partial charge on any atom is -0.497 e. The van der Waals surface area contributed by atoms with Crippen molar-refractivity contribution < 1.29 is 14.3 Å². The molecule has 0 fully saturated rings. The second-order valence-electron chi connectivity index (χ2n) is 6.15. The zero-order chi connectivity index (χ0) is 17.2. The number of carbonyl (C=O) groups is 1. The third kappa shape index (κ3) is 3.03. The van der Waals surface area contributed by atoms with Gasteiger partial charge in [-0.25, -0.2) is 4.52 Å². The van der Waals surface area contributed by atoms with Crippen molar-refractivity contribution >= 4 is 11.4 Å². The summed E-state index contributed by atoms with van der Waals surface area (Å²) in [5, 5.41) is 7.20. The van der Waals surface area contributed by atoms with Gasteiger partial charge in [-0.05, 0) is 30.2 Å². The van der Waals surface area contributed by atoms with Gasteiger partial charge < -0.3 is 14.8 Å². The molecule has 0 aliphatic carbocycles. The van der Waals surface area contributed by atoms with E-state index in [0.29, 0.717) is 18.7 Å². The third-order valence-corrected chi connectivity index (χ3v) is 4.48.